The highest BCUT2D eigenvalue weighted by atomic mass is 19.4. The number of halogens is 3. The van der Waals surface area contributed by atoms with E-state index in [-0.39, 0.29) is 17.5 Å². The third-order valence-corrected chi connectivity index (χ3v) is 7.22. The fourth-order valence-electron chi connectivity index (χ4n) is 5.11. The molecule has 0 radical (unpaired) electrons. The number of alkyl halides is 3. The number of anilines is 1. The Balaban J connectivity index is 1.63. The van der Waals surface area contributed by atoms with Crippen LogP contribution in [0.1, 0.15) is 43.4 Å². The van der Waals surface area contributed by atoms with Gasteiger partial charge in [-0.15, -0.1) is 0 Å². The molecule has 4 rings (SSSR count). The maximum absolute atomic E-state index is 13.6. The average molecular weight is 552 g/mol. The molecule has 7 nitrogen and oxygen atoms in total. The van der Waals surface area contributed by atoms with E-state index in [0.29, 0.717) is 50.7 Å². The molecule has 1 amide bonds. The molecule has 2 aromatic carbocycles. The minimum Gasteiger partial charge on any atom is -0.478 e. The number of piperidine rings is 1. The lowest BCUT2D eigenvalue weighted by atomic mass is 9.71. The van der Waals surface area contributed by atoms with Gasteiger partial charge in [0.05, 0.1) is 28.8 Å². The number of rotatable bonds is 8. The fraction of sp³-hybridized carbons (Fsp3) is 0.367. The van der Waals surface area contributed by atoms with Crippen LogP contribution in [0.4, 0.5) is 18.9 Å². The molecule has 210 valence electrons. The molecule has 1 saturated heterocycles. The van der Waals surface area contributed by atoms with Gasteiger partial charge in [0.15, 0.2) is 0 Å². The minimum atomic E-state index is -4.54. The smallest absolute Gasteiger partial charge is 0.416 e. The summed E-state index contributed by atoms with van der Waals surface area (Å²) in [6.07, 6.45) is -2.06. The van der Waals surface area contributed by atoms with Crippen molar-refractivity contribution in [3.05, 3.63) is 77.5 Å². The zero-order chi connectivity index (χ0) is 28.9. The highest BCUT2D eigenvalue weighted by molar-refractivity contribution is 5.89. The van der Waals surface area contributed by atoms with Crippen LogP contribution in [0.15, 0.2) is 60.8 Å². The van der Waals surface area contributed by atoms with Crippen molar-refractivity contribution in [2.45, 2.75) is 44.3 Å². The quantitative estimate of drug-likeness (QED) is 0.407. The second kappa shape index (κ2) is 12.0. The fourth-order valence-corrected chi connectivity index (χ4v) is 5.11. The number of hydrogen-bond donors (Lipinski definition) is 2. The van der Waals surface area contributed by atoms with Gasteiger partial charge in [0, 0.05) is 37.4 Å². The molecule has 0 aliphatic carbocycles. The largest absolute Gasteiger partial charge is 0.478 e. The Kier molecular flexibility index (Phi) is 8.64. The van der Waals surface area contributed by atoms with Crippen LogP contribution in [0.5, 0.6) is 5.88 Å². The van der Waals surface area contributed by atoms with Gasteiger partial charge in [-0.05, 0) is 68.1 Å². The molecule has 1 fully saturated rings. The lowest BCUT2D eigenvalue weighted by Crippen LogP contribution is -2.53. The van der Waals surface area contributed by atoms with Crippen LogP contribution in [0.25, 0.3) is 11.1 Å². The first-order valence-electron chi connectivity index (χ1n) is 13.2. The number of nitrogens with two attached hydrogens (primary N) is 1. The summed E-state index contributed by atoms with van der Waals surface area (Å²) in [5, 5.41) is 12.5. The Bertz CT molecular complexity index is 1380. The van der Waals surface area contributed by atoms with Gasteiger partial charge in [-0.25, -0.2) is 4.98 Å². The lowest BCUT2D eigenvalue weighted by Gasteiger charge is -2.42. The van der Waals surface area contributed by atoms with Crippen LogP contribution in [0.2, 0.25) is 0 Å². The number of nitrogens with zero attached hydrogens (tertiary/aromatic N) is 3. The van der Waals surface area contributed by atoms with E-state index >= 15 is 0 Å². The molecule has 0 saturated carbocycles. The minimum absolute atomic E-state index is 0.0466. The Morgan fingerprint density at radius 3 is 2.50 bits per heavy atom. The number of amides is 1. The van der Waals surface area contributed by atoms with Gasteiger partial charge >= 0.3 is 6.18 Å². The van der Waals surface area contributed by atoms with Crippen LogP contribution in [-0.2, 0) is 16.4 Å². The van der Waals surface area contributed by atoms with Crippen LogP contribution in [0, 0.1) is 11.3 Å². The van der Waals surface area contributed by atoms with Crippen molar-refractivity contribution >= 4 is 11.6 Å². The second-order valence-electron chi connectivity index (χ2n) is 9.96. The summed E-state index contributed by atoms with van der Waals surface area (Å²) in [5.74, 6) is 0.377. The molecular formula is C30H32F3N5O2. The van der Waals surface area contributed by atoms with Gasteiger partial charge in [0.1, 0.15) is 6.07 Å². The van der Waals surface area contributed by atoms with Crippen molar-refractivity contribution in [2.24, 2.45) is 5.73 Å². The molecule has 3 N–H and O–H groups in total. The number of carbonyl (C=O) groups is 1. The first-order valence-corrected chi connectivity index (χ1v) is 13.2. The number of ether oxygens (including phenoxy) is 1. The number of pyridine rings is 1. The van der Waals surface area contributed by atoms with E-state index in [9.17, 15) is 23.2 Å². The number of carbonyl (C=O) groups excluding carboxylic acids is 1. The molecular weight excluding hydrogens is 519 g/mol. The van der Waals surface area contributed by atoms with Crippen LogP contribution >= 0.6 is 0 Å². The summed E-state index contributed by atoms with van der Waals surface area (Å²) in [6.45, 7) is 5.25. The van der Waals surface area contributed by atoms with Crippen molar-refractivity contribution in [3.8, 4) is 23.1 Å². The number of aromatic nitrogens is 1. The highest BCUT2D eigenvalue weighted by Crippen LogP contribution is 2.40. The normalized spacial score (nSPS) is 15.7. The monoisotopic (exact) mass is 551 g/mol. The Hall–Kier alpha value is -4.10. The van der Waals surface area contributed by atoms with E-state index in [2.05, 4.69) is 10.3 Å². The van der Waals surface area contributed by atoms with E-state index < -0.39 is 17.2 Å². The molecule has 1 aliphatic rings. The van der Waals surface area contributed by atoms with Gasteiger partial charge in [-0.3, -0.25) is 4.79 Å². The Labute approximate surface area is 231 Å². The molecule has 1 aromatic heterocycles. The number of benzene rings is 2. The van der Waals surface area contributed by atoms with Crippen LogP contribution in [0.3, 0.4) is 0 Å². The van der Waals surface area contributed by atoms with Crippen molar-refractivity contribution in [3.63, 3.8) is 0 Å². The summed E-state index contributed by atoms with van der Waals surface area (Å²) < 4.78 is 45.3. The highest BCUT2D eigenvalue weighted by Gasteiger charge is 2.43. The van der Waals surface area contributed by atoms with Crippen molar-refractivity contribution in [1.82, 2.24) is 10.3 Å². The van der Waals surface area contributed by atoms with Gasteiger partial charge in [0.25, 0.3) is 0 Å². The SMILES string of the molecule is CCOc1ncccc1-c1ccc(C2(C(=O)NC[C@@H](C)N)CCN(c3ccc(C(F)(F)F)cc3C#N)CC2)cc1. The van der Waals surface area contributed by atoms with Crippen molar-refractivity contribution < 1.29 is 22.7 Å². The van der Waals surface area contributed by atoms with E-state index in [1.54, 1.807) is 6.20 Å². The molecule has 40 heavy (non-hydrogen) atoms. The molecule has 0 spiro atoms. The topological polar surface area (TPSA) is 104 Å². The average Bonchev–Trinajstić information content (AvgIpc) is 2.95. The first-order chi connectivity index (χ1) is 19.1. The zero-order valence-electron chi connectivity index (χ0n) is 22.5. The van der Waals surface area contributed by atoms with Gasteiger partial charge < -0.3 is 20.7 Å². The van der Waals surface area contributed by atoms with E-state index in [4.69, 9.17) is 10.5 Å². The summed E-state index contributed by atoms with van der Waals surface area (Å²) in [5.41, 5.74) is 7.10. The van der Waals surface area contributed by atoms with Crippen molar-refractivity contribution in [2.75, 3.05) is 31.1 Å². The van der Waals surface area contributed by atoms with E-state index in [1.165, 1.54) is 6.07 Å². The summed E-state index contributed by atoms with van der Waals surface area (Å²) >= 11 is 0. The van der Waals surface area contributed by atoms with E-state index in [0.717, 1.165) is 28.8 Å². The predicted octanol–water partition coefficient (Wildman–Crippen LogP) is 5.04. The number of nitrogens with one attached hydrogen (secondary N) is 1. The number of hydrogen-bond acceptors (Lipinski definition) is 6. The molecule has 1 atom stereocenters. The third kappa shape index (κ3) is 6.05. The number of nitriles is 1. The van der Waals surface area contributed by atoms with Crippen LogP contribution < -0.4 is 20.7 Å². The lowest BCUT2D eigenvalue weighted by molar-refractivity contribution is -0.137. The molecule has 2 heterocycles. The Morgan fingerprint density at radius 2 is 1.90 bits per heavy atom. The second-order valence-corrected chi connectivity index (χ2v) is 9.96. The van der Waals surface area contributed by atoms with Crippen molar-refractivity contribution in [1.29, 1.82) is 5.26 Å². The molecule has 10 heteroatoms. The van der Waals surface area contributed by atoms with Gasteiger partial charge in [-0.1, -0.05) is 24.3 Å². The predicted molar refractivity (Wildman–Crippen MR) is 147 cm³/mol. The standard InChI is InChI=1S/C30H32F3N5O2/c1-3-40-27-25(5-4-14-36-27)21-6-8-23(9-7-21)29(28(39)37-19-20(2)35)12-15-38(16-13-29)26-11-10-24(30(31,32)33)17-22(26)18-34/h4-11,14,17,20H,3,12-13,15-16,19,35H2,1-2H3,(H,37,39)/t20-/m1/s1. The summed E-state index contributed by atoms with van der Waals surface area (Å²) in [4.78, 5) is 19.8. The Morgan fingerprint density at radius 1 is 1.20 bits per heavy atom. The summed E-state index contributed by atoms with van der Waals surface area (Å²) in [6, 6.07) is 16.4. The molecule has 3 aromatic rings. The molecule has 1 aliphatic heterocycles. The summed E-state index contributed by atoms with van der Waals surface area (Å²) in [7, 11) is 0. The maximum Gasteiger partial charge on any atom is 0.416 e. The maximum atomic E-state index is 13.6. The van der Waals surface area contributed by atoms with E-state index in [1.807, 2.05) is 61.2 Å². The molecule has 0 bridgehead atoms. The van der Waals surface area contributed by atoms with Gasteiger partial charge in [-0.2, -0.15) is 18.4 Å². The molecule has 0 unspecified atom stereocenters. The first kappa shape index (κ1) is 28.9. The zero-order valence-corrected chi connectivity index (χ0v) is 22.5. The van der Waals surface area contributed by atoms with Crippen LogP contribution in [-0.4, -0.2) is 43.2 Å². The third-order valence-electron chi connectivity index (χ3n) is 7.22. The van der Waals surface area contributed by atoms with Gasteiger partial charge in [0.2, 0.25) is 11.8 Å².